The van der Waals surface area contributed by atoms with Gasteiger partial charge in [-0.05, 0) is 18.4 Å². The lowest BCUT2D eigenvalue weighted by Gasteiger charge is -2.23. The van der Waals surface area contributed by atoms with Gasteiger partial charge in [-0.25, -0.2) is 0 Å². The Kier molecular flexibility index (Phi) is 3.37. The van der Waals surface area contributed by atoms with Crippen LogP contribution in [0.25, 0.3) is 0 Å². The van der Waals surface area contributed by atoms with Crippen LogP contribution in [0.1, 0.15) is 28.7 Å². The number of fused-ring (bicyclic) bond motifs is 1. The predicted octanol–water partition coefficient (Wildman–Crippen LogP) is 0.943. The minimum atomic E-state index is -0.173. The van der Waals surface area contributed by atoms with E-state index in [0.29, 0.717) is 24.7 Å². The molecule has 21 heavy (non-hydrogen) atoms. The van der Waals surface area contributed by atoms with Crippen LogP contribution in [0, 0.1) is 5.92 Å². The number of rotatable bonds is 1. The van der Waals surface area contributed by atoms with Crippen molar-refractivity contribution in [3.05, 3.63) is 51.7 Å². The molecule has 3 rings (SSSR count). The zero-order valence-corrected chi connectivity index (χ0v) is 12.2. The molecule has 2 aromatic heterocycles. The second kappa shape index (κ2) is 5.20. The highest BCUT2D eigenvalue weighted by molar-refractivity contribution is 5.92. The third-order valence-electron chi connectivity index (χ3n) is 3.94. The molecule has 0 saturated heterocycles. The van der Waals surface area contributed by atoms with Crippen LogP contribution in [0.15, 0.2) is 29.2 Å². The van der Waals surface area contributed by atoms with E-state index in [4.69, 9.17) is 0 Å². The van der Waals surface area contributed by atoms with Gasteiger partial charge < -0.3 is 9.47 Å². The van der Waals surface area contributed by atoms with Gasteiger partial charge in [0.2, 0.25) is 0 Å². The second-order valence-corrected chi connectivity index (χ2v) is 5.68. The summed E-state index contributed by atoms with van der Waals surface area (Å²) in [4.78, 5) is 26.2. The number of carbonyl (C=O) groups is 1. The first-order valence-corrected chi connectivity index (χ1v) is 7.02. The smallest absolute Gasteiger partial charge is 0.270 e. The Morgan fingerprint density at radius 3 is 3.05 bits per heavy atom. The molecule has 110 valence electrons. The van der Waals surface area contributed by atoms with Crippen molar-refractivity contribution in [2.75, 3.05) is 6.54 Å². The first-order valence-electron chi connectivity index (χ1n) is 7.02. The molecular formula is C15H18N4O2. The van der Waals surface area contributed by atoms with Crippen LogP contribution in [-0.4, -0.2) is 32.1 Å². The Labute approximate surface area is 122 Å². The van der Waals surface area contributed by atoms with Crippen molar-refractivity contribution >= 4 is 5.91 Å². The zero-order valence-electron chi connectivity index (χ0n) is 12.2. The summed E-state index contributed by atoms with van der Waals surface area (Å²) in [5.74, 6) is 0.229. The molecule has 0 fully saturated rings. The minimum absolute atomic E-state index is 0.115. The van der Waals surface area contributed by atoms with Crippen molar-refractivity contribution in [1.82, 2.24) is 19.7 Å². The normalized spacial score (nSPS) is 18.2. The second-order valence-electron chi connectivity index (χ2n) is 5.68. The lowest BCUT2D eigenvalue weighted by Crippen LogP contribution is -2.36. The molecule has 1 N–H and O–H groups in total. The average molecular weight is 286 g/mol. The summed E-state index contributed by atoms with van der Waals surface area (Å²) >= 11 is 0. The van der Waals surface area contributed by atoms with Gasteiger partial charge in [-0.15, -0.1) is 0 Å². The molecule has 0 aliphatic carbocycles. The number of amides is 1. The maximum Gasteiger partial charge on any atom is 0.270 e. The molecule has 1 aliphatic rings. The highest BCUT2D eigenvalue weighted by Gasteiger charge is 2.25. The third kappa shape index (κ3) is 2.49. The number of carbonyl (C=O) groups excluding carboxylic acids is 1. The number of hydrogen-bond acceptors (Lipinski definition) is 3. The highest BCUT2D eigenvalue weighted by atomic mass is 16.2. The van der Waals surface area contributed by atoms with E-state index in [1.807, 2.05) is 0 Å². The largest absolute Gasteiger partial charge is 0.333 e. The average Bonchev–Trinajstić information content (AvgIpc) is 2.81. The van der Waals surface area contributed by atoms with Crippen molar-refractivity contribution in [2.24, 2.45) is 13.0 Å². The quantitative estimate of drug-likeness (QED) is 0.848. The van der Waals surface area contributed by atoms with Crippen molar-refractivity contribution in [3.8, 4) is 0 Å². The molecule has 1 atom stereocenters. The number of pyridine rings is 1. The summed E-state index contributed by atoms with van der Waals surface area (Å²) < 4.78 is 1.40. The molecule has 1 aliphatic heterocycles. The van der Waals surface area contributed by atoms with E-state index in [1.54, 1.807) is 30.3 Å². The van der Waals surface area contributed by atoms with Gasteiger partial charge in [0.1, 0.15) is 5.69 Å². The van der Waals surface area contributed by atoms with Crippen LogP contribution in [0.5, 0.6) is 0 Å². The van der Waals surface area contributed by atoms with Crippen LogP contribution in [-0.2, 0) is 20.0 Å². The summed E-state index contributed by atoms with van der Waals surface area (Å²) in [5.41, 5.74) is 2.39. The van der Waals surface area contributed by atoms with Gasteiger partial charge in [-0.1, -0.05) is 13.0 Å². The zero-order chi connectivity index (χ0) is 15.0. The maximum atomic E-state index is 12.7. The molecular weight excluding hydrogens is 268 g/mol. The molecule has 6 heteroatoms. The Balaban J connectivity index is 1.94. The molecule has 0 spiro atoms. The number of H-pyrrole nitrogens is 1. The van der Waals surface area contributed by atoms with Crippen molar-refractivity contribution in [1.29, 1.82) is 0 Å². The number of aromatic nitrogens is 3. The number of nitrogens with zero attached hydrogens (tertiary/aromatic N) is 3. The van der Waals surface area contributed by atoms with E-state index in [0.717, 1.165) is 17.7 Å². The Morgan fingerprint density at radius 2 is 2.24 bits per heavy atom. The van der Waals surface area contributed by atoms with Crippen molar-refractivity contribution < 1.29 is 4.79 Å². The molecule has 3 heterocycles. The number of aromatic amines is 1. The topological polar surface area (TPSA) is 71.0 Å². The van der Waals surface area contributed by atoms with Gasteiger partial charge in [-0.2, -0.15) is 5.10 Å². The SMILES string of the molecule is CC1Cc2[nH]ncc2CN(C(=O)c2cccc(=O)n2C)C1. The van der Waals surface area contributed by atoms with Crippen molar-refractivity contribution in [2.45, 2.75) is 19.9 Å². The van der Waals surface area contributed by atoms with Crippen LogP contribution >= 0.6 is 0 Å². The first-order chi connectivity index (χ1) is 10.1. The molecule has 1 amide bonds. The van der Waals surface area contributed by atoms with Gasteiger partial charge in [0, 0.05) is 37.5 Å². The Morgan fingerprint density at radius 1 is 1.43 bits per heavy atom. The molecule has 0 saturated carbocycles. The highest BCUT2D eigenvalue weighted by Crippen LogP contribution is 2.21. The van der Waals surface area contributed by atoms with Crippen LogP contribution in [0.4, 0.5) is 0 Å². The van der Waals surface area contributed by atoms with E-state index < -0.39 is 0 Å². The van der Waals surface area contributed by atoms with E-state index in [1.165, 1.54) is 10.6 Å². The number of hydrogen-bond donors (Lipinski definition) is 1. The fourth-order valence-corrected chi connectivity index (χ4v) is 2.81. The van der Waals surface area contributed by atoms with Crippen LogP contribution in [0.3, 0.4) is 0 Å². The summed E-state index contributed by atoms with van der Waals surface area (Å²) in [6.07, 6.45) is 2.66. The Hall–Kier alpha value is -2.37. The molecule has 1 unspecified atom stereocenters. The van der Waals surface area contributed by atoms with Crippen molar-refractivity contribution in [3.63, 3.8) is 0 Å². The fraction of sp³-hybridized carbons (Fsp3) is 0.400. The van der Waals surface area contributed by atoms with E-state index in [-0.39, 0.29) is 11.5 Å². The molecule has 0 bridgehead atoms. The van der Waals surface area contributed by atoms with Crippen LogP contribution in [0.2, 0.25) is 0 Å². The molecule has 0 radical (unpaired) electrons. The number of nitrogens with one attached hydrogen (secondary N) is 1. The lowest BCUT2D eigenvalue weighted by molar-refractivity contribution is 0.0714. The lowest BCUT2D eigenvalue weighted by atomic mass is 10.1. The van der Waals surface area contributed by atoms with Gasteiger partial charge in [0.15, 0.2) is 0 Å². The van der Waals surface area contributed by atoms with Gasteiger partial charge in [0.05, 0.1) is 6.20 Å². The monoisotopic (exact) mass is 286 g/mol. The van der Waals surface area contributed by atoms with Gasteiger partial charge in [-0.3, -0.25) is 14.7 Å². The summed E-state index contributed by atoms with van der Waals surface area (Å²) in [6, 6.07) is 4.77. The third-order valence-corrected chi connectivity index (χ3v) is 3.94. The molecule has 6 nitrogen and oxygen atoms in total. The first kappa shape index (κ1) is 13.6. The predicted molar refractivity (Wildman–Crippen MR) is 77.9 cm³/mol. The fourth-order valence-electron chi connectivity index (χ4n) is 2.81. The minimum Gasteiger partial charge on any atom is -0.333 e. The molecule has 2 aromatic rings. The Bertz CT molecular complexity index is 731. The van der Waals surface area contributed by atoms with Crippen LogP contribution < -0.4 is 5.56 Å². The van der Waals surface area contributed by atoms with E-state index >= 15 is 0 Å². The summed E-state index contributed by atoms with van der Waals surface area (Å²) in [7, 11) is 1.63. The van der Waals surface area contributed by atoms with Gasteiger partial charge in [0.25, 0.3) is 11.5 Å². The molecule has 0 aromatic carbocycles. The van der Waals surface area contributed by atoms with Gasteiger partial charge >= 0.3 is 0 Å². The summed E-state index contributed by atoms with van der Waals surface area (Å²) in [6.45, 7) is 3.31. The summed E-state index contributed by atoms with van der Waals surface area (Å²) in [5, 5.41) is 7.06. The standard InChI is InChI=1S/C15H18N4O2/c1-10-6-12-11(7-16-17-12)9-19(8-10)15(21)13-4-3-5-14(20)18(13)2/h3-5,7,10H,6,8-9H2,1-2H3,(H,16,17). The maximum absolute atomic E-state index is 12.7. The van der Waals surface area contributed by atoms with E-state index in [2.05, 4.69) is 17.1 Å². The van der Waals surface area contributed by atoms with E-state index in [9.17, 15) is 9.59 Å².